The molecular formula is C26H21ClN4O3. The van der Waals surface area contributed by atoms with Crippen LogP contribution in [0, 0.1) is 18.3 Å². The standard InChI is InChI=1S/C26H21ClN4O3/c1-14-22-23(19-11-17(27)12-21(32-2)24(19)33-3)20(13-28)25(29)34-26(22)31(30-14)18-9-8-15-6-4-5-7-16(15)10-18/h4-12,23H,29H2,1-3H3/t23-/m1/s1. The van der Waals surface area contributed by atoms with E-state index in [1.807, 2.05) is 49.4 Å². The molecule has 7 nitrogen and oxygen atoms in total. The first kappa shape index (κ1) is 21.7. The predicted molar refractivity (Wildman–Crippen MR) is 130 cm³/mol. The first-order chi connectivity index (χ1) is 16.5. The zero-order chi connectivity index (χ0) is 24.0. The van der Waals surface area contributed by atoms with Gasteiger partial charge < -0.3 is 19.9 Å². The third-order valence-electron chi connectivity index (χ3n) is 5.99. The Hall–Kier alpha value is -4.15. The summed E-state index contributed by atoms with van der Waals surface area (Å²) in [7, 11) is 3.08. The molecule has 1 atom stereocenters. The van der Waals surface area contributed by atoms with Gasteiger partial charge in [-0.15, -0.1) is 0 Å². The highest BCUT2D eigenvalue weighted by atomic mass is 35.5. The monoisotopic (exact) mass is 472 g/mol. The molecule has 5 rings (SSSR count). The predicted octanol–water partition coefficient (Wildman–Crippen LogP) is 5.22. The molecule has 3 aromatic carbocycles. The maximum Gasteiger partial charge on any atom is 0.229 e. The largest absolute Gasteiger partial charge is 0.493 e. The number of fused-ring (bicyclic) bond motifs is 2. The second kappa shape index (κ2) is 8.32. The van der Waals surface area contributed by atoms with E-state index < -0.39 is 5.92 Å². The molecular weight excluding hydrogens is 452 g/mol. The van der Waals surface area contributed by atoms with Crippen LogP contribution in [0.1, 0.15) is 22.7 Å². The lowest BCUT2D eigenvalue weighted by Crippen LogP contribution is -2.22. The smallest absolute Gasteiger partial charge is 0.229 e. The number of allylic oxidation sites excluding steroid dienone is 1. The molecule has 4 aromatic rings. The van der Waals surface area contributed by atoms with Crippen molar-refractivity contribution in [2.45, 2.75) is 12.8 Å². The van der Waals surface area contributed by atoms with E-state index in [-0.39, 0.29) is 11.5 Å². The van der Waals surface area contributed by atoms with Crippen LogP contribution in [0.3, 0.4) is 0 Å². The van der Waals surface area contributed by atoms with E-state index in [1.165, 1.54) is 7.11 Å². The van der Waals surface area contributed by atoms with Gasteiger partial charge in [-0.05, 0) is 35.9 Å². The van der Waals surface area contributed by atoms with Gasteiger partial charge >= 0.3 is 0 Å². The van der Waals surface area contributed by atoms with Crippen LogP contribution in [0.25, 0.3) is 16.5 Å². The third-order valence-corrected chi connectivity index (χ3v) is 6.21. The van der Waals surface area contributed by atoms with E-state index in [0.717, 1.165) is 16.5 Å². The molecule has 2 heterocycles. The molecule has 1 aliphatic rings. The fourth-order valence-electron chi connectivity index (χ4n) is 4.48. The van der Waals surface area contributed by atoms with Crippen LogP contribution in [-0.4, -0.2) is 24.0 Å². The summed E-state index contributed by atoms with van der Waals surface area (Å²) in [4.78, 5) is 0. The molecule has 0 spiro atoms. The number of rotatable bonds is 4. The van der Waals surface area contributed by atoms with Crippen molar-refractivity contribution in [3.05, 3.63) is 87.9 Å². The molecule has 0 fully saturated rings. The van der Waals surface area contributed by atoms with Gasteiger partial charge in [0.05, 0.1) is 37.1 Å². The van der Waals surface area contributed by atoms with Gasteiger partial charge in [0.1, 0.15) is 11.6 Å². The van der Waals surface area contributed by atoms with Crippen LogP contribution >= 0.6 is 11.6 Å². The minimum absolute atomic E-state index is 0.00272. The maximum atomic E-state index is 10.0. The first-order valence-electron chi connectivity index (χ1n) is 10.5. The minimum atomic E-state index is -0.606. The van der Waals surface area contributed by atoms with Crippen molar-refractivity contribution in [2.75, 3.05) is 14.2 Å². The number of halogens is 1. The van der Waals surface area contributed by atoms with Gasteiger partial charge in [-0.1, -0.05) is 41.9 Å². The Morgan fingerprint density at radius 3 is 2.56 bits per heavy atom. The molecule has 0 bridgehead atoms. The fraction of sp³-hybridized carbons (Fsp3) is 0.154. The van der Waals surface area contributed by atoms with Crippen molar-refractivity contribution in [3.63, 3.8) is 0 Å². The Labute approximate surface area is 201 Å². The van der Waals surface area contributed by atoms with Crippen molar-refractivity contribution >= 4 is 22.4 Å². The number of aromatic nitrogens is 2. The number of methoxy groups -OCH3 is 2. The minimum Gasteiger partial charge on any atom is -0.493 e. The number of aryl methyl sites for hydroxylation is 1. The van der Waals surface area contributed by atoms with Crippen molar-refractivity contribution in [1.82, 2.24) is 9.78 Å². The summed E-state index contributed by atoms with van der Waals surface area (Å²) in [6.07, 6.45) is 0. The van der Waals surface area contributed by atoms with Crippen LogP contribution in [0.15, 0.2) is 66.1 Å². The van der Waals surface area contributed by atoms with Crippen molar-refractivity contribution < 1.29 is 14.2 Å². The SMILES string of the molecule is COc1cc(Cl)cc([C@@H]2C(C#N)=C(N)Oc3c2c(C)nn3-c2ccc3ccccc3c2)c1OC. The zero-order valence-electron chi connectivity index (χ0n) is 18.8. The lowest BCUT2D eigenvalue weighted by molar-refractivity contribution is 0.346. The second-order valence-electron chi connectivity index (χ2n) is 7.90. The molecule has 8 heteroatoms. The second-order valence-corrected chi connectivity index (χ2v) is 8.34. The van der Waals surface area contributed by atoms with Gasteiger partial charge in [0.15, 0.2) is 11.5 Å². The lowest BCUT2D eigenvalue weighted by atomic mass is 9.83. The Kier molecular flexibility index (Phi) is 5.31. The number of benzene rings is 3. The summed E-state index contributed by atoms with van der Waals surface area (Å²) in [5, 5.41) is 17.4. The number of hydrogen-bond donors (Lipinski definition) is 1. The highest BCUT2D eigenvalue weighted by Gasteiger charge is 2.38. The molecule has 170 valence electrons. The molecule has 0 amide bonds. The molecule has 1 aromatic heterocycles. The van der Waals surface area contributed by atoms with Gasteiger partial charge in [-0.2, -0.15) is 10.4 Å². The van der Waals surface area contributed by atoms with Gasteiger partial charge in [-0.25, -0.2) is 4.68 Å². The summed E-state index contributed by atoms with van der Waals surface area (Å²) >= 11 is 6.41. The Bertz CT molecular complexity index is 1520. The van der Waals surface area contributed by atoms with Crippen LogP contribution in [0.5, 0.6) is 17.4 Å². The van der Waals surface area contributed by atoms with E-state index in [2.05, 4.69) is 6.07 Å². The van der Waals surface area contributed by atoms with E-state index in [9.17, 15) is 5.26 Å². The summed E-state index contributed by atoms with van der Waals surface area (Å²) in [6, 6.07) is 19.7. The summed E-state index contributed by atoms with van der Waals surface area (Å²) < 4.78 is 18.9. The molecule has 0 unspecified atom stereocenters. The Morgan fingerprint density at radius 1 is 1.09 bits per heavy atom. The number of nitriles is 1. The van der Waals surface area contributed by atoms with Crippen LogP contribution in [-0.2, 0) is 0 Å². The topological polar surface area (TPSA) is 95.3 Å². The maximum absolute atomic E-state index is 10.0. The zero-order valence-corrected chi connectivity index (χ0v) is 19.6. The molecule has 0 aliphatic carbocycles. The Balaban J connectivity index is 1.77. The van der Waals surface area contributed by atoms with Crippen LogP contribution in [0.2, 0.25) is 5.02 Å². The number of hydrogen-bond acceptors (Lipinski definition) is 6. The Morgan fingerprint density at radius 2 is 1.85 bits per heavy atom. The molecule has 0 saturated heterocycles. The van der Waals surface area contributed by atoms with E-state index in [1.54, 1.807) is 23.9 Å². The van der Waals surface area contributed by atoms with E-state index in [0.29, 0.717) is 39.2 Å². The quantitative estimate of drug-likeness (QED) is 0.437. The van der Waals surface area contributed by atoms with E-state index in [4.69, 9.17) is 36.6 Å². The summed E-state index contributed by atoms with van der Waals surface area (Å²) in [5.41, 5.74) is 9.36. The summed E-state index contributed by atoms with van der Waals surface area (Å²) in [6.45, 7) is 1.87. The highest BCUT2D eigenvalue weighted by Crippen LogP contribution is 2.49. The van der Waals surface area contributed by atoms with E-state index >= 15 is 0 Å². The molecule has 0 radical (unpaired) electrons. The number of nitrogens with two attached hydrogens (primary N) is 1. The molecule has 0 saturated carbocycles. The summed E-state index contributed by atoms with van der Waals surface area (Å²) in [5.74, 6) is 0.750. The van der Waals surface area contributed by atoms with Gasteiger partial charge in [0, 0.05) is 16.7 Å². The number of ether oxygens (including phenoxy) is 3. The van der Waals surface area contributed by atoms with Gasteiger partial charge in [0.2, 0.25) is 11.8 Å². The normalized spacial score (nSPS) is 15.0. The fourth-order valence-corrected chi connectivity index (χ4v) is 4.70. The average Bonchev–Trinajstić information content (AvgIpc) is 3.17. The van der Waals surface area contributed by atoms with Crippen molar-refractivity contribution in [3.8, 4) is 29.1 Å². The number of nitrogens with zero attached hydrogens (tertiary/aromatic N) is 3. The molecule has 2 N–H and O–H groups in total. The van der Waals surface area contributed by atoms with Crippen molar-refractivity contribution in [1.29, 1.82) is 5.26 Å². The van der Waals surface area contributed by atoms with Crippen molar-refractivity contribution in [2.24, 2.45) is 5.73 Å². The third kappa shape index (κ3) is 3.31. The van der Waals surface area contributed by atoms with Crippen LogP contribution in [0.4, 0.5) is 0 Å². The molecule has 34 heavy (non-hydrogen) atoms. The molecule has 1 aliphatic heterocycles. The van der Waals surface area contributed by atoms with Gasteiger partial charge in [0.25, 0.3) is 0 Å². The average molecular weight is 473 g/mol. The van der Waals surface area contributed by atoms with Gasteiger partial charge in [-0.3, -0.25) is 0 Å². The highest BCUT2D eigenvalue weighted by molar-refractivity contribution is 6.30. The first-order valence-corrected chi connectivity index (χ1v) is 10.9. The lowest BCUT2D eigenvalue weighted by Gasteiger charge is -2.26. The van der Waals surface area contributed by atoms with Crippen LogP contribution < -0.4 is 19.9 Å².